The van der Waals surface area contributed by atoms with Gasteiger partial charge < -0.3 is 21.3 Å². The van der Waals surface area contributed by atoms with Crippen LogP contribution in [0.1, 0.15) is 35.9 Å². The van der Waals surface area contributed by atoms with Gasteiger partial charge in [0.15, 0.2) is 5.13 Å². The van der Waals surface area contributed by atoms with E-state index in [-0.39, 0.29) is 23.6 Å². The molecule has 1 fully saturated rings. The number of rotatable bonds is 10. The second-order valence-corrected chi connectivity index (χ2v) is 10.0. The molecule has 1 aromatic carbocycles. The molecule has 0 radical (unpaired) electrons. The molecule has 2 heterocycles. The number of carbonyl (C=O) groups is 2. The van der Waals surface area contributed by atoms with E-state index in [1.807, 2.05) is 26.2 Å². The number of nitrogens with zero attached hydrogens (tertiary/aromatic N) is 3. The topological polar surface area (TPSA) is 127 Å². The van der Waals surface area contributed by atoms with Crippen LogP contribution in [0.25, 0.3) is 0 Å². The van der Waals surface area contributed by atoms with Crippen LogP contribution in [-0.4, -0.2) is 66.2 Å². The van der Waals surface area contributed by atoms with Crippen molar-refractivity contribution < 1.29 is 9.59 Å². The SMILES string of the molecule is CC(=O)Nc1nc(CCc2ccc(NCC(=N)N)cc2)c(CN2CCC(C(=O)N(C)C)CC2)s1. The molecule has 1 aliphatic rings. The highest BCUT2D eigenvalue weighted by atomic mass is 32.1. The zero-order valence-electron chi connectivity index (χ0n) is 20.2. The van der Waals surface area contributed by atoms with Crippen LogP contribution >= 0.6 is 11.3 Å². The molecule has 9 nitrogen and oxygen atoms in total. The Morgan fingerprint density at radius 2 is 1.88 bits per heavy atom. The number of aryl methyl sites for hydroxylation is 2. The minimum atomic E-state index is -0.122. The molecule has 1 aliphatic heterocycles. The lowest BCUT2D eigenvalue weighted by Crippen LogP contribution is -2.39. The Balaban J connectivity index is 1.62. The number of amides is 2. The first kappa shape index (κ1) is 25.6. The van der Waals surface area contributed by atoms with Gasteiger partial charge in [0.25, 0.3) is 0 Å². The van der Waals surface area contributed by atoms with Crippen LogP contribution in [0.4, 0.5) is 10.8 Å². The van der Waals surface area contributed by atoms with Crippen molar-refractivity contribution in [2.24, 2.45) is 11.7 Å². The number of nitrogens with one attached hydrogen (secondary N) is 3. The molecule has 34 heavy (non-hydrogen) atoms. The summed E-state index contributed by atoms with van der Waals surface area (Å²) in [5.74, 6) is 0.302. The van der Waals surface area contributed by atoms with Crippen LogP contribution in [0.3, 0.4) is 0 Å². The maximum absolute atomic E-state index is 12.3. The average Bonchev–Trinajstić information content (AvgIpc) is 3.17. The van der Waals surface area contributed by atoms with Crippen molar-refractivity contribution >= 4 is 39.8 Å². The molecule has 0 aliphatic carbocycles. The number of piperidine rings is 1. The molecule has 1 aromatic heterocycles. The quantitative estimate of drug-likeness (QED) is 0.303. The lowest BCUT2D eigenvalue weighted by atomic mass is 9.95. The highest BCUT2D eigenvalue weighted by molar-refractivity contribution is 7.15. The summed E-state index contributed by atoms with van der Waals surface area (Å²) in [6.07, 6.45) is 3.35. The number of carbonyl (C=O) groups excluding carboxylic acids is 2. The lowest BCUT2D eigenvalue weighted by Gasteiger charge is -2.32. The molecule has 2 amide bonds. The summed E-state index contributed by atoms with van der Waals surface area (Å²) in [5, 5.41) is 13.9. The number of nitrogens with two attached hydrogens (primary N) is 1. The zero-order valence-corrected chi connectivity index (χ0v) is 21.0. The van der Waals surface area contributed by atoms with Crippen molar-refractivity contribution in [1.82, 2.24) is 14.8 Å². The second kappa shape index (κ2) is 11.9. The van der Waals surface area contributed by atoms with Crippen molar-refractivity contribution in [3.05, 3.63) is 40.4 Å². The minimum Gasteiger partial charge on any atom is -0.386 e. The van der Waals surface area contributed by atoms with Gasteiger partial charge >= 0.3 is 0 Å². The van der Waals surface area contributed by atoms with Crippen LogP contribution in [0.15, 0.2) is 24.3 Å². The number of hydrogen-bond donors (Lipinski definition) is 4. The van der Waals surface area contributed by atoms with Gasteiger partial charge in [-0.15, -0.1) is 11.3 Å². The third-order valence-corrected chi connectivity index (χ3v) is 6.89. The van der Waals surface area contributed by atoms with Gasteiger partial charge in [-0.1, -0.05) is 12.1 Å². The number of anilines is 2. The first-order valence-electron chi connectivity index (χ1n) is 11.6. The fourth-order valence-corrected chi connectivity index (χ4v) is 5.16. The molecular weight excluding hydrogens is 450 g/mol. The highest BCUT2D eigenvalue weighted by Gasteiger charge is 2.27. The number of thiazole rings is 1. The molecule has 5 N–H and O–H groups in total. The Labute approximate surface area is 205 Å². The molecular formula is C24H35N7O2S. The Bertz CT molecular complexity index is 995. The predicted molar refractivity (Wildman–Crippen MR) is 137 cm³/mol. The summed E-state index contributed by atoms with van der Waals surface area (Å²) in [5.41, 5.74) is 8.53. The monoisotopic (exact) mass is 485 g/mol. The van der Waals surface area contributed by atoms with E-state index in [2.05, 4.69) is 27.7 Å². The van der Waals surface area contributed by atoms with E-state index >= 15 is 0 Å². The molecule has 10 heteroatoms. The van der Waals surface area contributed by atoms with Gasteiger partial charge in [-0.3, -0.25) is 19.9 Å². The van der Waals surface area contributed by atoms with Gasteiger partial charge in [0.05, 0.1) is 12.2 Å². The van der Waals surface area contributed by atoms with Gasteiger partial charge in [0, 0.05) is 44.0 Å². The Kier molecular flexibility index (Phi) is 9.00. The zero-order chi connectivity index (χ0) is 24.7. The minimum absolute atomic E-state index is 0.101. The third-order valence-electron chi connectivity index (χ3n) is 5.89. The Morgan fingerprint density at radius 1 is 1.21 bits per heavy atom. The Hall–Kier alpha value is -2.98. The van der Waals surface area contributed by atoms with Crippen molar-refractivity contribution in [1.29, 1.82) is 5.41 Å². The van der Waals surface area contributed by atoms with Gasteiger partial charge in [-0.25, -0.2) is 4.98 Å². The maximum Gasteiger partial charge on any atom is 0.225 e. The van der Waals surface area contributed by atoms with E-state index in [4.69, 9.17) is 16.1 Å². The van der Waals surface area contributed by atoms with Crippen molar-refractivity contribution in [2.45, 2.75) is 39.2 Å². The van der Waals surface area contributed by atoms with Crippen LogP contribution in [0.2, 0.25) is 0 Å². The van der Waals surface area contributed by atoms with E-state index in [1.54, 1.807) is 4.90 Å². The van der Waals surface area contributed by atoms with E-state index in [0.29, 0.717) is 11.7 Å². The summed E-state index contributed by atoms with van der Waals surface area (Å²) >= 11 is 1.54. The molecule has 3 rings (SSSR count). The van der Waals surface area contributed by atoms with E-state index in [1.165, 1.54) is 28.7 Å². The molecule has 1 saturated heterocycles. The summed E-state index contributed by atoms with van der Waals surface area (Å²) in [6, 6.07) is 8.11. The fourth-order valence-electron chi connectivity index (χ4n) is 4.06. The highest BCUT2D eigenvalue weighted by Crippen LogP contribution is 2.28. The number of amidine groups is 1. The van der Waals surface area contributed by atoms with Crippen LogP contribution < -0.4 is 16.4 Å². The molecule has 0 atom stereocenters. The first-order valence-corrected chi connectivity index (χ1v) is 12.4. The van der Waals surface area contributed by atoms with Crippen molar-refractivity contribution in [3.8, 4) is 0 Å². The largest absolute Gasteiger partial charge is 0.386 e. The summed E-state index contributed by atoms with van der Waals surface area (Å²) in [6.45, 7) is 4.36. The summed E-state index contributed by atoms with van der Waals surface area (Å²) < 4.78 is 0. The summed E-state index contributed by atoms with van der Waals surface area (Å²) in [7, 11) is 3.64. The van der Waals surface area contributed by atoms with Crippen molar-refractivity contribution in [3.63, 3.8) is 0 Å². The number of hydrogen-bond acceptors (Lipinski definition) is 7. The molecule has 0 bridgehead atoms. The van der Waals surface area contributed by atoms with E-state index < -0.39 is 0 Å². The lowest BCUT2D eigenvalue weighted by molar-refractivity contribution is -0.134. The molecule has 0 saturated carbocycles. The third kappa shape index (κ3) is 7.53. The van der Waals surface area contributed by atoms with Gasteiger partial charge in [-0.2, -0.15) is 0 Å². The van der Waals surface area contributed by atoms with E-state index in [9.17, 15) is 9.59 Å². The molecule has 2 aromatic rings. The predicted octanol–water partition coefficient (Wildman–Crippen LogP) is 2.53. The number of aromatic nitrogens is 1. The van der Waals surface area contributed by atoms with Gasteiger partial charge in [-0.05, 0) is 56.5 Å². The normalized spacial score (nSPS) is 14.6. The standard InChI is InChI=1S/C24H35N7O2S/c1-16(32)28-24-29-20(9-6-17-4-7-19(8-5-17)27-14-22(25)26)21(34-24)15-31-12-10-18(11-13-31)23(33)30(2)3/h4-5,7-8,18,27H,6,9-15H2,1-3H3,(H3,25,26)(H,28,29,32). The van der Waals surface area contributed by atoms with Crippen LogP contribution in [0.5, 0.6) is 0 Å². The molecule has 0 unspecified atom stereocenters. The Morgan fingerprint density at radius 3 is 2.47 bits per heavy atom. The van der Waals surface area contributed by atoms with Crippen LogP contribution in [0, 0.1) is 11.3 Å². The average molecular weight is 486 g/mol. The molecule has 184 valence electrons. The number of benzene rings is 1. The van der Waals surface area contributed by atoms with Crippen molar-refractivity contribution in [2.75, 3.05) is 44.4 Å². The van der Waals surface area contributed by atoms with Crippen LogP contribution in [-0.2, 0) is 29.0 Å². The maximum atomic E-state index is 12.3. The fraction of sp³-hybridized carbons (Fsp3) is 0.500. The van der Waals surface area contributed by atoms with Gasteiger partial charge in [0.1, 0.15) is 5.84 Å². The number of likely N-dealkylation sites (tertiary alicyclic amines) is 1. The smallest absolute Gasteiger partial charge is 0.225 e. The van der Waals surface area contributed by atoms with E-state index in [0.717, 1.165) is 56.7 Å². The second-order valence-electron chi connectivity index (χ2n) is 8.93. The molecule has 0 spiro atoms. The first-order chi connectivity index (χ1) is 16.2. The van der Waals surface area contributed by atoms with Gasteiger partial charge in [0.2, 0.25) is 11.8 Å². The summed E-state index contributed by atoms with van der Waals surface area (Å²) in [4.78, 5) is 33.8.